The highest BCUT2D eigenvalue weighted by Gasteiger charge is 2.36. The summed E-state index contributed by atoms with van der Waals surface area (Å²) in [6.07, 6.45) is 2.36. The molecule has 1 aliphatic heterocycles. The van der Waals surface area contributed by atoms with Crippen molar-refractivity contribution in [3.05, 3.63) is 29.0 Å². The summed E-state index contributed by atoms with van der Waals surface area (Å²) in [4.78, 5) is 29.8. The Labute approximate surface area is 152 Å². The van der Waals surface area contributed by atoms with Crippen LogP contribution in [0, 0.1) is 0 Å². The molecule has 1 saturated heterocycles. The van der Waals surface area contributed by atoms with Gasteiger partial charge in [-0.05, 0) is 31.9 Å². The van der Waals surface area contributed by atoms with Crippen LogP contribution in [0.2, 0.25) is 5.15 Å². The van der Waals surface area contributed by atoms with Crippen LogP contribution in [0.25, 0.3) is 0 Å². The Balaban J connectivity index is 2.02. The van der Waals surface area contributed by atoms with Crippen LogP contribution in [0.1, 0.15) is 37.0 Å². The fraction of sp³-hybridized carbons (Fsp3) is 0.562. The fourth-order valence-electron chi connectivity index (χ4n) is 2.78. The summed E-state index contributed by atoms with van der Waals surface area (Å²) in [6.45, 7) is 3.33. The first kappa shape index (κ1) is 19.7. The standard InChI is InChI=1S/C16H21ClN2O5S/c1-3-11(2)19(13-6-7-25(22,23)10-13)15(20)9-24-16(21)12-4-5-14(17)18-8-12/h4-5,8,11,13H,3,6-7,9-10H2,1-2H3/t11-,13-/m0/s1. The first-order valence-electron chi connectivity index (χ1n) is 8.03. The molecule has 1 aromatic rings. The predicted octanol–water partition coefficient (Wildman–Crippen LogP) is 1.71. The number of esters is 1. The summed E-state index contributed by atoms with van der Waals surface area (Å²) in [5.41, 5.74) is 0.190. The molecule has 0 N–H and O–H groups in total. The zero-order valence-corrected chi connectivity index (χ0v) is 15.7. The second kappa shape index (κ2) is 8.14. The van der Waals surface area contributed by atoms with Crippen molar-refractivity contribution in [1.29, 1.82) is 0 Å². The molecule has 0 spiro atoms. The monoisotopic (exact) mass is 388 g/mol. The summed E-state index contributed by atoms with van der Waals surface area (Å²) < 4.78 is 28.5. The number of ether oxygens (including phenoxy) is 1. The van der Waals surface area contributed by atoms with Gasteiger partial charge in [0.05, 0.1) is 17.1 Å². The first-order valence-corrected chi connectivity index (χ1v) is 10.2. The van der Waals surface area contributed by atoms with Crippen molar-refractivity contribution < 1.29 is 22.7 Å². The van der Waals surface area contributed by atoms with Crippen molar-refractivity contribution in [2.45, 2.75) is 38.8 Å². The van der Waals surface area contributed by atoms with E-state index in [1.165, 1.54) is 23.2 Å². The molecule has 0 saturated carbocycles. The number of carbonyl (C=O) groups excluding carboxylic acids is 2. The summed E-state index contributed by atoms with van der Waals surface area (Å²) in [7, 11) is -3.12. The number of rotatable bonds is 6. The molecule has 7 nitrogen and oxygen atoms in total. The molecule has 1 aromatic heterocycles. The number of halogens is 1. The number of carbonyl (C=O) groups is 2. The summed E-state index contributed by atoms with van der Waals surface area (Å²) in [5, 5.41) is 0.248. The summed E-state index contributed by atoms with van der Waals surface area (Å²) in [6, 6.07) is 2.40. The van der Waals surface area contributed by atoms with Gasteiger partial charge in [0.15, 0.2) is 16.4 Å². The van der Waals surface area contributed by atoms with Crippen LogP contribution in [-0.4, -0.2) is 60.4 Å². The lowest BCUT2D eigenvalue weighted by molar-refractivity contribution is -0.138. The molecule has 1 amide bonds. The highest BCUT2D eigenvalue weighted by Crippen LogP contribution is 2.21. The van der Waals surface area contributed by atoms with E-state index in [1.54, 1.807) is 0 Å². The first-order chi connectivity index (χ1) is 11.7. The predicted molar refractivity (Wildman–Crippen MR) is 93.2 cm³/mol. The van der Waals surface area contributed by atoms with Gasteiger partial charge in [0, 0.05) is 18.3 Å². The topological polar surface area (TPSA) is 93.6 Å². The summed E-state index contributed by atoms with van der Waals surface area (Å²) >= 11 is 5.66. The average Bonchev–Trinajstić information content (AvgIpc) is 2.92. The van der Waals surface area contributed by atoms with E-state index in [2.05, 4.69) is 4.98 Å². The molecular weight excluding hydrogens is 368 g/mol. The molecular formula is C16H21ClN2O5S. The van der Waals surface area contributed by atoms with Gasteiger partial charge >= 0.3 is 5.97 Å². The maximum atomic E-state index is 12.5. The van der Waals surface area contributed by atoms with Crippen LogP contribution in [0.3, 0.4) is 0 Å². The number of pyridine rings is 1. The highest BCUT2D eigenvalue weighted by atomic mass is 35.5. The number of hydrogen-bond donors (Lipinski definition) is 0. The Morgan fingerprint density at radius 3 is 2.68 bits per heavy atom. The van der Waals surface area contributed by atoms with Crippen molar-refractivity contribution in [2.75, 3.05) is 18.1 Å². The molecule has 9 heteroatoms. The lowest BCUT2D eigenvalue weighted by Gasteiger charge is -2.33. The molecule has 0 unspecified atom stereocenters. The van der Waals surface area contributed by atoms with Crippen LogP contribution in [-0.2, 0) is 19.4 Å². The van der Waals surface area contributed by atoms with E-state index >= 15 is 0 Å². The molecule has 2 heterocycles. The van der Waals surface area contributed by atoms with Gasteiger partial charge < -0.3 is 9.64 Å². The Morgan fingerprint density at radius 1 is 1.44 bits per heavy atom. The van der Waals surface area contributed by atoms with Crippen molar-refractivity contribution in [1.82, 2.24) is 9.88 Å². The Bertz CT molecular complexity index is 735. The third-order valence-corrected chi connectivity index (χ3v) is 6.22. The Kier molecular flexibility index (Phi) is 6.40. The maximum absolute atomic E-state index is 12.5. The lowest BCUT2D eigenvalue weighted by Crippen LogP contribution is -2.48. The molecule has 0 radical (unpaired) electrons. The van der Waals surface area contributed by atoms with Gasteiger partial charge in [-0.25, -0.2) is 18.2 Å². The van der Waals surface area contributed by atoms with Crippen molar-refractivity contribution in [3.8, 4) is 0 Å². The zero-order chi connectivity index (χ0) is 18.6. The van der Waals surface area contributed by atoms with Crippen LogP contribution < -0.4 is 0 Å². The Morgan fingerprint density at radius 2 is 2.16 bits per heavy atom. The Hall–Kier alpha value is -1.67. The van der Waals surface area contributed by atoms with Gasteiger partial charge in [0.25, 0.3) is 5.91 Å². The fourth-order valence-corrected chi connectivity index (χ4v) is 4.61. The minimum absolute atomic E-state index is 0.0435. The van der Waals surface area contributed by atoms with Crippen molar-refractivity contribution in [3.63, 3.8) is 0 Å². The molecule has 2 rings (SSSR count). The highest BCUT2D eigenvalue weighted by molar-refractivity contribution is 7.91. The number of nitrogens with zero attached hydrogens (tertiary/aromatic N) is 2. The van der Waals surface area contributed by atoms with Gasteiger partial charge in [-0.1, -0.05) is 18.5 Å². The van der Waals surface area contributed by atoms with Gasteiger partial charge in [-0.15, -0.1) is 0 Å². The molecule has 25 heavy (non-hydrogen) atoms. The van der Waals surface area contributed by atoms with E-state index in [0.717, 1.165) is 0 Å². The largest absolute Gasteiger partial charge is 0.452 e. The third-order valence-electron chi connectivity index (χ3n) is 4.25. The van der Waals surface area contributed by atoms with E-state index in [4.69, 9.17) is 16.3 Å². The van der Waals surface area contributed by atoms with E-state index < -0.39 is 28.3 Å². The van der Waals surface area contributed by atoms with Gasteiger partial charge in [0.2, 0.25) is 0 Å². The van der Waals surface area contributed by atoms with Gasteiger partial charge in [-0.3, -0.25) is 4.79 Å². The quantitative estimate of drug-likeness (QED) is 0.544. The molecule has 2 atom stereocenters. The van der Waals surface area contributed by atoms with Crippen molar-refractivity contribution >= 4 is 33.3 Å². The smallest absolute Gasteiger partial charge is 0.340 e. The van der Waals surface area contributed by atoms with Gasteiger partial charge in [-0.2, -0.15) is 0 Å². The molecule has 0 bridgehead atoms. The van der Waals surface area contributed by atoms with E-state index in [-0.39, 0.29) is 34.3 Å². The minimum Gasteiger partial charge on any atom is -0.452 e. The normalized spacial score (nSPS) is 20.0. The number of amides is 1. The maximum Gasteiger partial charge on any atom is 0.340 e. The van der Waals surface area contributed by atoms with E-state index in [0.29, 0.717) is 12.8 Å². The SMILES string of the molecule is CC[C@H](C)N(C(=O)COC(=O)c1ccc(Cl)nc1)[C@H]1CCS(=O)(=O)C1. The van der Waals surface area contributed by atoms with Gasteiger partial charge in [0.1, 0.15) is 5.15 Å². The molecule has 0 aromatic carbocycles. The number of hydrogen-bond acceptors (Lipinski definition) is 6. The molecule has 0 aliphatic carbocycles. The van der Waals surface area contributed by atoms with Crippen LogP contribution in [0.5, 0.6) is 0 Å². The van der Waals surface area contributed by atoms with Crippen LogP contribution in [0.4, 0.5) is 0 Å². The minimum atomic E-state index is -3.12. The molecule has 1 fully saturated rings. The zero-order valence-electron chi connectivity index (χ0n) is 14.1. The lowest BCUT2D eigenvalue weighted by atomic mass is 10.1. The molecule has 138 valence electrons. The second-order valence-electron chi connectivity index (χ2n) is 6.06. The van der Waals surface area contributed by atoms with Crippen molar-refractivity contribution in [2.24, 2.45) is 0 Å². The number of sulfone groups is 1. The van der Waals surface area contributed by atoms with Crippen LogP contribution >= 0.6 is 11.6 Å². The van der Waals surface area contributed by atoms with Crippen LogP contribution in [0.15, 0.2) is 18.3 Å². The number of aromatic nitrogens is 1. The van der Waals surface area contributed by atoms with E-state index in [9.17, 15) is 18.0 Å². The summed E-state index contributed by atoms with van der Waals surface area (Å²) in [5.74, 6) is -1.04. The molecule has 1 aliphatic rings. The third kappa shape index (κ3) is 5.15. The second-order valence-corrected chi connectivity index (χ2v) is 8.68. The van der Waals surface area contributed by atoms with E-state index in [1.807, 2.05) is 13.8 Å². The average molecular weight is 389 g/mol.